The van der Waals surface area contributed by atoms with Crippen molar-refractivity contribution in [3.8, 4) is 33.8 Å². The van der Waals surface area contributed by atoms with Crippen LogP contribution in [-0.2, 0) is 56.8 Å². The van der Waals surface area contributed by atoms with Gasteiger partial charge in [0, 0.05) is 0 Å². The first-order valence-corrected chi connectivity index (χ1v) is 33.1. The number of hydrogen-bond donors (Lipinski definition) is 1. The zero-order valence-corrected chi connectivity index (χ0v) is 56.7. The van der Waals surface area contributed by atoms with Crippen molar-refractivity contribution in [1.82, 2.24) is 0 Å². The van der Waals surface area contributed by atoms with Crippen LogP contribution in [0.25, 0.3) is 22.3 Å². The molecule has 0 aliphatic heterocycles. The van der Waals surface area contributed by atoms with Gasteiger partial charge in [-0.25, -0.2) is 9.59 Å². The maximum Gasteiger partial charge on any atom is 0.343 e. The molecular formula is C73H112O17. The third kappa shape index (κ3) is 34.7. The summed E-state index contributed by atoms with van der Waals surface area (Å²) in [6, 6.07) is 29.8. The Labute approximate surface area is 539 Å². The fourth-order valence-corrected chi connectivity index (χ4v) is 8.93. The number of esters is 2. The lowest BCUT2D eigenvalue weighted by molar-refractivity contribution is -0.113. The van der Waals surface area contributed by atoms with Gasteiger partial charge in [0.05, 0.1) is 164 Å². The van der Waals surface area contributed by atoms with E-state index in [-0.39, 0.29) is 79.7 Å². The largest absolute Gasteiger partial charge is 0.491 e. The molecule has 0 amide bonds. The molecule has 90 heavy (non-hydrogen) atoms. The first-order chi connectivity index (χ1) is 43.3. The molecular weight excluding hydrogens is 1150 g/mol. The van der Waals surface area contributed by atoms with Gasteiger partial charge in [0.25, 0.3) is 0 Å². The molecule has 1 N–H and O–H groups in total. The number of rotatable bonds is 51. The van der Waals surface area contributed by atoms with Crippen LogP contribution in [0.3, 0.4) is 0 Å². The smallest absolute Gasteiger partial charge is 0.343 e. The highest BCUT2D eigenvalue weighted by Crippen LogP contribution is 2.26. The number of unbranched alkanes of at least 4 members (excludes halogenated alkanes) is 8. The van der Waals surface area contributed by atoms with Gasteiger partial charge in [-0.2, -0.15) is 0 Å². The highest BCUT2D eigenvalue weighted by atomic mass is 16.6. The molecule has 4 rings (SSSR count). The van der Waals surface area contributed by atoms with Gasteiger partial charge < -0.3 is 71.4 Å². The van der Waals surface area contributed by atoms with Crippen LogP contribution >= 0.6 is 0 Å². The second-order valence-electron chi connectivity index (χ2n) is 24.3. The van der Waals surface area contributed by atoms with Crippen LogP contribution in [0.2, 0.25) is 0 Å². The van der Waals surface area contributed by atoms with Gasteiger partial charge in [0.1, 0.15) is 18.1 Å². The van der Waals surface area contributed by atoms with Crippen molar-refractivity contribution in [2.24, 2.45) is 0 Å². The van der Waals surface area contributed by atoms with Crippen LogP contribution in [0.1, 0.15) is 169 Å². The maximum atomic E-state index is 13.1. The van der Waals surface area contributed by atoms with E-state index in [1.54, 1.807) is 43.3 Å². The molecule has 12 atom stereocenters. The van der Waals surface area contributed by atoms with Crippen LogP contribution in [-0.4, -0.2) is 176 Å². The van der Waals surface area contributed by atoms with Crippen molar-refractivity contribution in [3.05, 3.63) is 108 Å². The van der Waals surface area contributed by atoms with E-state index in [1.807, 2.05) is 137 Å². The number of carbonyl (C=O) groups is 2. The molecule has 0 aliphatic rings. The second-order valence-corrected chi connectivity index (χ2v) is 24.3. The Morgan fingerprint density at radius 3 is 0.878 bits per heavy atom. The summed E-state index contributed by atoms with van der Waals surface area (Å²) in [6.07, 6.45) is 9.10. The third-order valence-corrected chi connectivity index (χ3v) is 14.6. The van der Waals surface area contributed by atoms with Crippen molar-refractivity contribution >= 4 is 11.9 Å². The highest BCUT2D eigenvalue weighted by Gasteiger charge is 2.18. The molecule has 0 heterocycles. The summed E-state index contributed by atoms with van der Waals surface area (Å²) < 4.78 is 82.5. The summed E-state index contributed by atoms with van der Waals surface area (Å²) in [5.41, 5.74) is 4.77. The second kappa shape index (κ2) is 45.4. The van der Waals surface area contributed by atoms with Crippen molar-refractivity contribution in [3.63, 3.8) is 0 Å². The fraction of sp³-hybridized carbons (Fsp3) is 0.644. The van der Waals surface area contributed by atoms with Gasteiger partial charge in [-0.3, -0.25) is 0 Å². The summed E-state index contributed by atoms with van der Waals surface area (Å²) in [7, 11) is 0. The van der Waals surface area contributed by atoms with E-state index in [2.05, 4.69) is 6.92 Å². The first-order valence-electron chi connectivity index (χ1n) is 33.1. The Balaban J connectivity index is 0.993. The van der Waals surface area contributed by atoms with Crippen LogP contribution in [0.4, 0.5) is 0 Å². The van der Waals surface area contributed by atoms with E-state index < -0.39 is 12.1 Å². The van der Waals surface area contributed by atoms with Gasteiger partial charge in [0.2, 0.25) is 0 Å². The lowest BCUT2D eigenvalue weighted by Crippen LogP contribution is -2.31. The Morgan fingerprint density at radius 2 is 0.567 bits per heavy atom. The van der Waals surface area contributed by atoms with E-state index in [0.717, 1.165) is 40.8 Å². The zero-order chi connectivity index (χ0) is 65.5. The predicted octanol–water partition coefficient (Wildman–Crippen LogP) is 14.1. The molecule has 4 aromatic rings. The first kappa shape index (κ1) is 77.6. The average Bonchev–Trinajstić information content (AvgIpc) is 1.68. The molecule has 12 unspecified atom stereocenters. The topological polar surface area (TPSA) is 184 Å². The predicted molar refractivity (Wildman–Crippen MR) is 353 cm³/mol. The molecule has 0 spiro atoms. The number of aliphatic hydroxyl groups is 1. The standard InChI is InChI=1S/C73H112O17/c1-14-15-16-17-18-19-20-21-22-39-77-72(75)68-27-23-64(24-28-68)67-33-37-71(38-34-67)90-73(76)69-29-25-65(26-30-69)66-31-35-70(36-32-66)89-51-63(13)88-50-62(12)87-49-61(11)86-48-60(10)85-47-59(9)84-46-58(8)83-45-57(7)82-44-56(6)81-43-55(5)80-42-54(4)79-41-53(3)78-40-52(2)74/h23-38,52-63,74H,14-22,39-51H2,1-13H3. The Hall–Kier alpha value is -4.86. The quantitative estimate of drug-likeness (QED) is 0.0250. The number of carbonyl (C=O) groups excluding carboxylic acids is 2. The molecule has 0 saturated carbocycles. The number of aliphatic hydroxyl groups excluding tert-OH is 1. The molecule has 0 aliphatic carbocycles. The highest BCUT2D eigenvalue weighted by molar-refractivity contribution is 5.92. The van der Waals surface area contributed by atoms with Gasteiger partial charge in [-0.15, -0.1) is 0 Å². The SMILES string of the molecule is CCCCCCCCCCCOC(=O)c1ccc(-c2ccc(OC(=O)c3ccc(-c4ccc(OCC(C)OCC(C)OCC(C)OCC(C)OCC(C)OCC(C)OCC(C)OCC(C)OCC(C)OCC(C)OCC(C)OCC(C)O)cc4)cc3)cc2)cc1. The molecule has 0 fully saturated rings. The number of benzene rings is 4. The fourth-order valence-electron chi connectivity index (χ4n) is 8.93. The molecule has 17 nitrogen and oxygen atoms in total. The zero-order valence-electron chi connectivity index (χ0n) is 56.7. The maximum absolute atomic E-state index is 13.1. The van der Waals surface area contributed by atoms with Crippen LogP contribution in [0.15, 0.2) is 97.1 Å². The summed E-state index contributed by atoms with van der Waals surface area (Å²) >= 11 is 0. The summed E-state index contributed by atoms with van der Waals surface area (Å²) in [5, 5.41) is 9.37. The van der Waals surface area contributed by atoms with Crippen molar-refractivity contribution in [2.45, 2.75) is 221 Å². The van der Waals surface area contributed by atoms with Crippen molar-refractivity contribution in [1.29, 1.82) is 0 Å². The monoisotopic (exact) mass is 1260 g/mol. The van der Waals surface area contributed by atoms with Crippen LogP contribution in [0.5, 0.6) is 11.5 Å². The van der Waals surface area contributed by atoms with E-state index in [1.165, 1.54) is 44.9 Å². The van der Waals surface area contributed by atoms with E-state index in [4.69, 9.17) is 66.3 Å². The van der Waals surface area contributed by atoms with Crippen molar-refractivity contribution < 1.29 is 81.0 Å². The molecule has 506 valence electrons. The van der Waals surface area contributed by atoms with Gasteiger partial charge in [-0.05, 0) is 160 Å². The molecule has 0 bridgehead atoms. The molecule has 0 radical (unpaired) electrons. The molecule has 0 saturated heterocycles. The van der Waals surface area contributed by atoms with Crippen LogP contribution < -0.4 is 9.47 Å². The molecule has 4 aromatic carbocycles. The van der Waals surface area contributed by atoms with E-state index in [0.29, 0.717) is 96.2 Å². The third-order valence-electron chi connectivity index (χ3n) is 14.6. The lowest BCUT2D eigenvalue weighted by atomic mass is 10.0. The van der Waals surface area contributed by atoms with Gasteiger partial charge in [-0.1, -0.05) is 107 Å². The minimum atomic E-state index is -0.500. The van der Waals surface area contributed by atoms with E-state index >= 15 is 0 Å². The number of ether oxygens (including phenoxy) is 14. The Morgan fingerprint density at radius 1 is 0.311 bits per heavy atom. The molecule has 17 heteroatoms. The van der Waals surface area contributed by atoms with Crippen molar-refractivity contribution in [2.75, 3.05) is 85.9 Å². The summed E-state index contributed by atoms with van der Waals surface area (Å²) in [4.78, 5) is 25.7. The molecule has 0 aromatic heterocycles. The average molecular weight is 1260 g/mol. The van der Waals surface area contributed by atoms with Crippen LogP contribution in [0, 0.1) is 0 Å². The minimum absolute atomic E-state index is 0.0940. The number of hydrogen-bond acceptors (Lipinski definition) is 17. The van der Waals surface area contributed by atoms with E-state index in [9.17, 15) is 14.7 Å². The summed E-state index contributed by atoms with van der Waals surface area (Å²) in [6.45, 7) is 31.0. The minimum Gasteiger partial charge on any atom is -0.491 e. The normalized spacial score (nSPS) is 15.8. The lowest BCUT2D eigenvalue weighted by Gasteiger charge is -2.23. The Kier molecular flexibility index (Phi) is 39.2. The Bertz CT molecular complexity index is 2460. The van der Waals surface area contributed by atoms with Gasteiger partial charge >= 0.3 is 11.9 Å². The van der Waals surface area contributed by atoms with Gasteiger partial charge in [0.15, 0.2) is 0 Å². The summed E-state index contributed by atoms with van der Waals surface area (Å²) in [5.74, 6) is 0.404.